The van der Waals surface area contributed by atoms with Crippen molar-refractivity contribution in [1.29, 1.82) is 0 Å². The molecule has 0 saturated carbocycles. The number of ether oxygens (including phenoxy) is 1. The normalized spacial score (nSPS) is 9.57. The smallest absolute Gasteiger partial charge is 0.338 e. The SMILES string of the molecule is CCCOC(=O)c1cccc(OO)c1. The summed E-state index contributed by atoms with van der Waals surface area (Å²) < 4.78 is 4.90. The second kappa shape index (κ2) is 5.24. The maximum atomic E-state index is 11.3. The first kappa shape index (κ1) is 10.5. The number of hydrogen-bond acceptors (Lipinski definition) is 4. The van der Waals surface area contributed by atoms with Gasteiger partial charge in [-0.05, 0) is 24.6 Å². The summed E-state index contributed by atoms with van der Waals surface area (Å²) in [5.74, 6) is -0.193. The minimum absolute atomic E-state index is 0.218. The summed E-state index contributed by atoms with van der Waals surface area (Å²) in [5, 5.41) is 8.37. The number of carbonyl (C=O) groups excluding carboxylic acids is 1. The van der Waals surface area contributed by atoms with Crippen molar-refractivity contribution < 1.29 is 19.7 Å². The fourth-order valence-corrected chi connectivity index (χ4v) is 0.958. The van der Waals surface area contributed by atoms with Crippen molar-refractivity contribution in [3.8, 4) is 5.75 Å². The van der Waals surface area contributed by atoms with Gasteiger partial charge in [0.05, 0.1) is 12.2 Å². The fourth-order valence-electron chi connectivity index (χ4n) is 0.958. The minimum atomic E-state index is -0.411. The third-order valence-electron chi connectivity index (χ3n) is 1.61. The van der Waals surface area contributed by atoms with Gasteiger partial charge in [0.1, 0.15) is 0 Å². The molecule has 0 heterocycles. The van der Waals surface area contributed by atoms with Crippen molar-refractivity contribution in [2.24, 2.45) is 0 Å². The molecule has 0 aliphatic heterocycles. The van der Waals surface area contributed by atoms with Gasteiger partial charge in [0.15, 0.2) is 5.75 Å². The zero-order chi connectivity index (χ0) is 10.4. The van der Waals surface area contributed by atoms with Gasteiger partial charge in [0.2, 0.25) is 0 Å². The predicted molar refractivity (Wildman–Crippen MR) is 50.3 cm³/mol. The number of carbonyl (C=O) groups is 1. The molecule has 0 aromatic heterocycles. The number of rotatable bonds is 4. The van der Waals surface area contributed by atoms with Gasteiger partial charge < -0.3 is 9.62 Å². The Kier molecular flexibility index (Phi) is 3.94. The van der Waals surface area contributed by atoms with Crippen LogP contribution in [0.15, 0.2) is 24.3 Å². The fraction of sp³-hybridized carbons (Fsp3) is 0.300. The molecule has 1 N–H and O–H groups in total. The highest BCUT2D eigenvalue weighted by Gasteiger charge is 2.07. The van der Waals surface area contributed by atoms with Crippen LogP contribution in [0, 0.1) is 0 Å². The highest BCUT2D eigenvalue weighted by Crippen LogP contribution is 2.13. The highest BCUT2D eigenvalue weighted by atomic mass is 17.1. The van der Waals surface area contributed by atoms with Crippen LogP contribution in [0.2, 0.25) is 0 Å². The van der Waals surface area contributed by atoms with Crippen molar-refractivity contribution in [3.05, 3.63) is 29.8 Å². The molecule has 0 amide bonds. The lowest BCUT2D eigenvalue weighted by molar-refractivity contribution is -0.137. The molecule has 0 radical (unpaired) electrons. The Balaban J connectivity index is 2.69. The molecular weight excluding hydrogens is 184 g/mol. The molecular formula is C10H12O4. The van der Waals surface area contributed by atoms with E-state index in [0.717, 1.165) is 6.42 Å². The van der Waals surface area contributed by atoms with Gasteiger partial charge in [0.25, 0.3) is 0 Å². The van der Waals surface area contributed by atoms with E-state index >= 15 is 0 Å². The van der Waals surface area contributed by atoms with Crippen molar-refractivity contribution in [3.63, 3.8) is 0 Å². The first-order chi connectivity index (χ1) is 6.77. The summed E-state index contributed by atoms with van der Waals surface area (Å²) in [6, 6.07) is 6.16. The van der Waals surface area contributed by atoms with Crippen molar-refractivity contribution in [1.82, 2.24) is 0 Å². The third kappa shape index (κ3) is 2.74. The van der Waals surface area contributed by atoms with E-state index in [4.69, 9.17) is 9.99 Å². The second-order valence-electron chi connectivity index (χ2n) is 2.76. The Hall–Kier alpha value is -1.55. The summed E-state index contributed by atoms with van der Waals surface area (Å²) in [6.07, 6.45) is 0.780. The molecule has 0 bridgehead atoms. The molecule has 1 aromatic rings. The van der Waals surface area contributed by atoms with Crippen LogP contribution in [-0.4, -0.2) is 17.8 Å². The Morgan fingerprint density at radius 2 is 2.29 bits per heavy atom. The zero-order valence-electron chi connectivity index (χ0n) is 7.90. The molecule has 4 nitrogen and oxygen atoms in total. The predicted octanol–water partition coefficient (Wildman–Crippen LogP) is 2.11. The van der Waals surface area contributed by atoms with Crippen LogP contribution >= 0.6 is 0 Å². The first-order valence-electron chi connectivity index (χ1n) is 4.36. The van der Waals surface area contributed by atoms with Gasteiger partial charge in [-0.15, -0.1) is 0 Å². The number of esters is 1. The lowest BCUT2D eigenvalue weighted by Gasteiger charge is -2.03. The number of benzene rings is 1. The largest absolute Gasteiger partial charge is 0.462 e. The Morgan fingerprint density at radius 3 is 2.93 bits per heavy atom. The van der Waals surface area contributed by atoms with Crippen molar-refractivity contribution in [2.45, 2.75) is 13.3 Å². The van der Waals surface area contributed by atoms with E-state index < -0.39 is 5.97 Å². The maximum Gasteiger partial charge on any atom is 0.338 e. The van der Waals surface area contributed by atoms with E-state index in [-0.39, 0.29) is 5.75 Å². The van der Waals surface area contributed by atoms with Crippen LogP contribution in [0.5, 0.6) is 5.75 Å². The molecule has 0 aliphatic carbocycles. The molecule has 4 heteroatoms. The summed E-state index contributed by atoms with van der Waals surface area (Å²) in [6.45, 7) is 2.31. The van der Waals surface area contributed by atoms with E-state index in [2.05, 4.69) is 4.89 Å². The molecule has 1 aromatic carbocycles. The molecule has 1 rings (SSSR count). The van der Waals surface area contributed by atoms with Gasteiger partial charge in [-0.2, -0.15) is 0 Å². The Morgan fingerprint density at radius 1 is 1.50 bits per heavy atom. The Labute approximate surface area is 82.0 Å². The summed E-state index contributed by atoms with van der Waals surface area (Å²) in [5.41, 5.74) is 0.366. The molecule has 0 atom stereocenters. The van der Waals surface area contributed by atoms with Crippen LogP contribution < -0.4 is 4.89 Å². The molecule has 0 fully saturated rings. The Bertz CT molecular complexity index is 309. The average molecular weight is 196 g/mol. The zero-order valence-corrected chi connectivity index (χ0v) is 7.90. The van der Waals surface area contributed by atoms with E-state index in [9.17, 15) is 4.79 Å². The molecule has 0 unspecified atom stereocenters. The molecule has 0 spiro atoms. The first-order valence-corrected chi connectivity index (χ1v) is 4.36. The number of hydrogen-bond donors (Lipinski definition) is 1. The van der Waals surface area contributed by atoms with Crippen LogP contribution in [-0.2, 0) is 4.74 Å². The molecule has 0 saturated heterocycles. The quantitative estimate of drug-likeness (QED) is 0.455. The van der Waals surface area contributed by atoms with E-state index in [1.54, 1.807) is 12.1 Å². The maximum absolute atomic E-state index is 11.3. The average Bonchev–Trinajstić information content (AvgIpc) is 2.26. The molecule has 76 valence electrons. The standard InChI is InChI=1S/C10H12O4/c1-2-6-13-10(11)8-4-3-5-9(7-8)14-12/h3-5,7,12H,2,6H2,1H3. The van der Waals surface area contributed by atoms with Crippen LogP contribution in [0.25, 0.3) is 0 Å². The summed E-state index contributed by atoms with van der Waals surface area (Å²) in [4.78, 5) is 15.3. The van der Waals surface area contributed by atoms with E-state index in [0.29, 0.717) is 12.2 Å². The van der Waals surface area contributed by atoms with Gasteiger partial charge in [0, 0.05) is 0 Å². The van der Waals surface area contributed by atoms with Crippen molar-refractivity contribution >= 4 is 5.97 Å². The summed E-state index contributed by atoms with van der Waals surface area (Å²) in [7, 11) is 0. The van der Waals surface area contributed by atoms with Crippen LogP contribution in [0.3, 0.4) is 0 Å². The highest BCUT2D eigenvalue weighted by molar-refractivity contribution is 5.89. The van der Waals surface area contributed by atoms with Gasteiger partial charge in [-0.25, -0.2) is 10.1 Å². The molecule has 14 heavy (non-hydrogen) atoms. The minimum Gasteiger partial charge on any atom is -0.462 e. The topological polar surface area (TPSA) is 55.8 Å². The third-order valence-corrected chi connectivity index (χ3v) is 1.61. The van der Waals surface area contributed by atoms with Gasteiger partial charge in [-0.1, -0.05) is 13.0 Å². The summed E-state index contributed by atoms with van der Waals surface area (Å²) >= 11 is 0. The second-order valence-corrected chi connectivity index (χ2v) is 2.76. The van der Waals surface area contributed by atoms with E-state index in [1.807, 2.05) is 6.92 Å². The van der Waals surface area contributed by atoms with Crippen LogP contribution in [0.1, 0.15) is 23.7 Å². The monoisotopic (exact) mass is 196 g/mol. The molecule has 0 aliphatic rings. The lowest BCUT2D eigenvalue weighted by atomic mass is 10.2. The van der Waals surface area contributed by atoms with Crippen LogP contribution in [0.4, 0.5) is 0 Å². The van der Waals surface area contributed by atoms with Gasteiger partial charge >= 0.3 is 5.97 Å². The van der Waals surface area contributed by atoms with E-state index in [1.165, 1.54) is 12.1 Å². The van der Waals surface area contributed by atoms with Gasteiger partial charge in [-0.3, -0.25) is 0 Å². The van der Waals surface area contributed by atoms with Crippen molar-refractivity contribution in [2.75, 3.05) is 6.61 Å². The lowest BCUT2D eigenvalue weighted by Crippen LogP contribution is -2.05.